The van der Waals surface area contributed by atoms with Gasteiger partial charge in [-0.3, -0.25) is 0 Å². The van der Waals surface area contributed by atoms with Crippen LogP contribution in [-0.2, 0) is 0 Å². The van der Waals surface area contributed by atoms with Gasteiger partial charge in [0, 0.05) is 24.2 Å². The van der Waals surface area contributed by atoms with E-state index < -0.39 is 17.7 Å². The van der Waals surface area contributed by atoms with Gasteiger partial charge in [-0.25, -0.2) is 8.78 Å². The summed E-state index contributed by atoms with van der Waals surface area (Å²) in [5.74, 6) is -1.00. The highest BCUT2D eigenvalue weighted by molar-refractivity contribution is 5.22. The largest absolute Gasteiger partial charge is 0.323 e. The van der Waals surface area contributed by atoms with Crippen LogP contribution in [0.5, 0.6) is 0 Å². The molecular formula is C16H24F2N2. The summed E-state index contributed by atoms with van der Waals surface area (Å²) >= 11 is 0. The van der Waals surface area contributed by atoms with E-state index in [9.17, 15) is 8.78 Å². The van der Waals surface area contributed by atoms with E-state index in [0.29, 0.717) is 18.5 Å². The molecule has 0 spiro atoms. The smallest absolute Gasteiger partial charge is 0.163 e. The summed E-state index contributed by atoms with van der Waals surface area (Å²) in [6.07, 6.45) is 4.92. The van der Waals surface area contributed by atoms with E-state index in [1.165, 1.54) is 25.3 Å². The van der Waals surface area contributed by atoms with Crippen LogP contribution in [0.25, 0.3) is 0 Å². The van der Waals surface area contributed by atoms with Gasteiger partial charge in [0.15, 0.2) is 11.6 Å². The van der Waals surface area contributed by atoms with Crippen molar-refractivity contribution in [1.29, 1.82) is 0 Å². The van der Waals surface area contributed by atoms with Crippen LogP contribution in [-0.4, -0.2) is 24.5 Å². The fourth-order valence-corrected chi connectivity index (χ4v) is 3.30. The standard InChI is InChI=1S/C16H24F2N2/c1-11-6-3-4-9-15(11)20(2)10-14(19)12-7-5-8-13(17)16(12)18/h5,7-8,11,14-15H,3-4,6,9-10,19H2,1-2H3. The van der Waals surface area contributed by atoms with E-state index in [0.717, 1.165) is 12.5 Å². The molecule has 3 unspecified atom stereocenters. The van der Waals surface area contributed by atoms with E-state index in [4.69, 9.17) is 5.73 Å². The van der Waals surface area contributed by atoms with Gasteiger partial charge in [0.1, 0.15) is 0 Å². The molecule has 0 aliphatic heterocycles. The van der Waals surface area contributed by atoms with Gasteiger partial charge in [-0.05, 0) is 31.9 Å². The zero-order valence-corrected chi connectivity index (χ0v) is 12.3. The fourth-order valence-electron chi connectivity index (χ4n) is 3.30. The molecule has 1 aromatic rings. The second-order valence-corrected chi connectivity index (χ2v) is 6.02. The van der Waals surface area contributed by atoms with Crippen LogP contribution in [0.15, 0.2) is 18.2 Å². The van der Waals surface area contributed by atoms with Gasteiger partial charge in [0.05, 0.1) is 0 Å². The number of benzene rings is 1. The maximum atomic E-state index is 13.7. The van der Waals surface area contributed by atoms with Crippen LogP contribution in [0.1, 0.15) is 44.2 Å². The number of hydrogen-bond donors (Lipinski definition) is 1. The normalized spacial score (nSPS) is 24.9. The van der Waals surface area contributed by atoms with Crippen LogP contribution in [0.3, 0.4) is 0 Å². The Bertz CT molecular complexity index is 450. The first kappa shape index (κ1) is 15.4. The van der Waals surface area contributed by atoms with Crippen molar-refractivity contribution < 1.29 is 8.78 Å². The van der Waals surface area contributed by atoms with E-state index in [1.54, 1.807) is 6.07 Å². The van der Waals surface area contributed by atoms with Crippen molar-refractivity contribution in [1.82, 2.24) is 4.90 Å². The number of nitrogens with two attached hydrogens (primary N) is 1. The zero-order chi connectivity index (χ0) is 14.7. The van der Waals surface area contributed by atoms with Gasteiger partial charge in [0.2, 0.25) is 0 Å². The Kier molecular flexibility index (Phi) is 5.11. The van der Waals surface area contributed by atoms with Crippen LogP contribution < -0.4 is 5.73 Å². The second kappa shape index (κ2) is 6.64. The van der Waals surface area contributed by atoms with Gasteiger partial charge in [0.25, 0.3) is 0 Å². The van der Waals surface area contributed by atoms with Crippen molar-refractivity contribution in [2.24, 2.45) is 11.7 Å². The highest BCUT2D eigenvalue weighted by Crippen LogP contribution is 2.28. The lowest BCUT2D eigenvalue weighted by Crippen LogP contribution is -2.42. The van der Waals surface area contributed by atoms with E-state index in [2.05, 4.69) is 11.8 Å². The summed E-state index contributed by atoms with van der Waals surface area (Å²) < 4.78 is 27.0. The maximum Gasteiger partial charge on any atom is 0.163 e. The van der Waals surface area contributed by atoms with E-state index in [-0.39, 0.29) is 5.56 Å². The lowest BCUT2D eigenvalue weighted by Gasteiger charge is -2.37. The topological polar surface area (TPSA) is 29.3 Å². The third-order valence-electron chi connectivity index (χ3n) is 4.50. The first-order valence-corrected chi connectivity index (χ1v) is 7.40. The number of rotatable bonds is 4. The third kappa shape index (κ3) is 3.36. The minimum Gasteiger partial charge on any atom is -0.323 e. The SMILES string of the molecule is CC1CCCCC1N(C)CC(N)c1cccc(F)c1F. The molecular weight excluding hydrogens is 258 g/mol. The molecule has 112 valence electrons. The molecule has 3 atom stereocenters. The van der Waals surface area contributed by atoms with Gasteiger partial charge in [-0.15, -0.1) is 0 Å². The Labute approximate surface area is 120 Å². The summed E-state index contributed by atoms with van der Waals surface area (Å²) in [5.41, 5.74) is 6.33. The molecule has 2 nitrogen and oxygen atoms in total. The quantitative estimate of drug-likeness (QED) is 0.916. The molecule has 0 aromatic heterocycles. The van der Waals surface area contributed by atoms with Gasteiger partial charge >= 0.3 is 0 Å². The summed E-state index contributed by atoms with van der Waals surface area (Å²) in [6, 6.07) is 4.20. The van der Waals surface area contributed by atoms with Crippen LogP contribution in [0, 0.1) is 17.6 Å². The van der Waals surface area contributed by atoms with Crippen molar-refractivity contribution in [3.8, 4) is 0 Å². The molecule has 4 heteroatoms. The number of nitrogens with zero attached hydrogens (tertiary/aromatic N) is 1. The molecule has 0 amide bonds. The monoisotopic (exact) mass is 282 g/mol. The van der Waals surface area contributed by atoms with Crippen molar-refractivity contribution >= 4 is 0 Å². The molecule has 0 bridgehead atoms. The Balaban J connectivity index is 2.03. The molecule has 0 radical (unpaired) electrons. The fraction of sp³-hybridized carbons (Fsp3) is 0.625. The predicted molar refractivity (Wildman–Crippen MR) is 77.3 cm³/mol. The van der Waals surface area contributed by atoms with Crippen LogP contribution in [0.2, 0.25) is 0 Å². The van der Waals surface area contributed by atoms with Crippen molar-refractivity contribution in [3.63, 3.8) is 0 Å². The number of likely N-dealkylation sites (N-methyl/N-ethyl adjacent to an activating group) is 1. The van der Waals surface area contributed by atoms with E-state index >= 15 is 0 Å². The molecule has 20 heavy (non-hydrogen) atoms. The highest BCUT2D eigenvalue weighted by atomic mass is 19.2. The third-order valence-corrected chi connectivity index (χ3v) is 4.50. The average molecular weight is 282 g/mol. The minimum absolute atomic E-state index is 0.264. The molecule has 2 N–H and O–H groups in total. The number of hydrogen-bond acceptors (Lipinski definition) is 2. The molecule has 0 saturated heterocycles. The Hall–Kier alpha value is -1.00. The van der Waals surface area contributed by atoms with Crippen LogP contribution in [0.4, 0.5) is 8.78 Å². The van der Waals surface area contributed by atoms with Crippen molar-refractivity contribution in [2.45, 2.75) is 44.7 Å². The molecule has 1 aromatic carbocycles. The average Bonchev–Trinajstić information content (AvgIpc) is 2.42. The molecule has 0 heterocycles. The molecule has 2 rings (SSSR count). The maximum absolute atomic E-state index is 13.7. The molecule has 1 fully saturated rings. The van der Waals surface area contributed by atoms with Crippen LogP contribution >= 0.6 is 0 Å². The molecule has 1 aliphatic carbocycles. The molecule has 1 saturated carbocycles. The zero-order valence-electron chi connectivity index (χ0n) is 12.3. The molecule has 1 aliphatic rings. The Morgan fingerprint density at radius 2 is 2.00 bits per heavy atom. The summed E-state index contributed by atoms with van der Waals surface area (Å²) in [7, 11) is 2.03. The summed E-state index contributed by atoms with van der Waals surface area (Å²) in [6.45, 7) is 2.81. The second-order valence-electron chi connectivity index (χ2n) is 6.02. The Morgan fingerprint density at radius 3 is 2.70 bits per heavy atom. The van der Waals surface area contributed by atoms with Crippen molar-refractivity contribution in [3.05, 3.63) is 35.4 Å². The van der Waals surface area contributed by atoms with Crippen molar-refractivity contribution in [2.75, 3.05) is 13.6 Å². The predicted octanol–water partition coefficient (Wildman–Crippen LogP) is 3.48. The Morgan fingerprint density at radius 1 is 1.30 bits per heavy atom. The minimum atomic E-state index is -0.827. The van der Waals surface area contributed by atoms with Gasteiger partial charge in [-0.1, -0.05) is 31.9 Å². The first-order valence-electron chi connectivity index (χ1n) is 7.40. The lowest BCUT2D eigenvalue weighted by atomic mass is 9.85. The van der Waals surface area contributed by atoms with Gasteiger partial charge < -0.3 is 10.6 Å². The highest BCUT2D eigenvalue weighted by Gasteiger charge is 2.26. The summed E-state index contributed by atoms with van der Waals surface area (Å²) in [4.78, 5) is 2.21. The lowest BCUT2D eigenvalue weighted by molar-refractivity contribution is 0.132. The first-order chi connectivity index (χ1) is 9.50. The van der Waals surface area contributed by atoms with Gasteiger partial charge in [-0.2, -0.15) is 0 Å². The van der Waals surface area contributed by atoms with E-state index in [1.807, 2.05) is 7.05 Å². The number of halogens is 2. The summed E-state index contributed by atoms with van der Waals surface area (Å²) in [5, 5.41) is 0.